The molecule has 0 amide bonds. The number of carbonyl (C=O) groups excluding carboxylic acids is 1. The van der Waals surface area contributed by atoms with E-state index in [1.54, 1.807) is 0 Å². The van der Waals surface area contributed by atoms with Gasteiger partial charge in [0, 0.05) is 21.2 Å². The van der Waals surface area contributed by atoms with Crippen LogP contribution in [0.15, 0.2) is 97.1 Å². The topological polar surface area (TPSA) is 17.1 Å². The van der Waals surface area contributed by atoms with Crippen LogP contribution in [-0.2, 0) is 0 Å². The van der Waals surface area contributed by atoms with E-state index in [2.05, 4.69) is 0 Å². The molecule has 0 unspecified atom stereocenters. The lowest BCUT2D eigenvalue weighted by Gasteiger charge is -2.06. The maximum atomic E-state index is 12.8. The minimum Gasteiger partial charge on any atom is -0.289 e. The van der Waals surface area contributed by atoms with E-state index in [-0.39, 0.29) is 5.78 Å². The van der Waals surface area contributed by atoms with Crippen LogP contribution in [-0.4, -0.2) is 5.78 Å². The van der Waals surface area contributed by atoms with E-state index in [1.165, 1.54) is 0 Å². The molecule has 0 aliphatic rings. The van der Waals surface area contributed by atoms with Gasteiger partial charge in [0.25, 0.3) is 0 Å². The summed E-state index contributed by atoms with van der Waals surface area (Å²) >= 11 is 11.9. The Hall–Kier alpha value is -2.87. The van der Waals surface area contributed by atoms with E-state index < -0.39 is 0 Å². The molecule has 0 atom stereocenters. The number of hydrogen-bond donors (Lipinski definition) is 0. The van der Waals surface area contributed by atoms with E-state index in [0.29, 0.717) is 21.2 Å². The third-order valence-corrected chi connectivity index (χ3v) is 5.15. The standard InChI is InChI=1S/C25H16Cl2O/c26-23-13-9-19(10-14-23)17-1-5-21(6-2-17)25(28)22-7-3-18(4-8-22)20-11-15-24(27)16-12-20/h1-16H. The molecule has 0 saturated carbocycles. The summed E-state index contributed by atoms with van der Waals surface area (Å²) in [5.41, 5.74) is 5.55. The lowest BCUT2D eigenvalue weighted by molar-refractivity contribution is 0.103. The van der Waals surface area contributed by atoms with Gasteiger partial charge in [-0.25, -0.2) is 0 Å². The highest BCUT2D eigenvalue weighted by atomic mass is 35.5. The molecule has 0 saturated heterocycles. The molecule has 0 aliphatic carbocycles. The Bertz CT molecular complexity index is 1000. The summed E-state index contributed by atoms with van der Waals surface area (Å²) in [4.78, 5) is 12.8. The summed E-state index contributed by atoms with van der Waals surface area (Å²) in [5, 5.41) is 1.41. The molecule has 0 radical (unpaired) electrons. The van der Waals surface area contributed by atoms with E-state index in [0.717, 1.165) is 22.3 Å². The molecule has 4 aromatic rings. The summed E-state index contributed by atoms with van der Waals surface area (Å²) < 4.78 is 0. The van der Waals surface area contributed by atoms with Crippen molar-refractivity contribution in [2.45, 2.75) is 0 Å². The number of rotatable bonds is 4. The first-order chi connectivity index (χ1) is 13.6. The Kier molecular flexibility index (Phi) is 5.29. The van der Waals surface area contributed by atoms with Gasteiger partial charge in [-0.2, -0.15) is 0 Å². The van der Waals surface area contributed by atoms with E-state index in [4.69, 9.17) is 23.2 Å². The average Bonchev–Trinajstić information content (AvgIpc) is 2.75. The minimum absolute atomic E-state index is 0.00492. The first-order valence-corrected chi connectivity index (χ1v) is 9.62. The fourth-order valence-electron chi connectivity index (χ4n) is 3.08. The Morgan fingerprint density at radius 2 is 0.679 bits per heavy atom. The Balaban J connectivity index is 1.54. The fraction of sp³-hybridized carbons (Fsp3) is 0. The van der Waals surface area contributed by atoms with E-state index >= 15 is 0 Å². The molecule has 0 aromatic heterocycles. The molecule has 0 heterocycles. The van der Waals surface area contributed by atoms with Crippen molar-refractivity contribution in [1.82, 2.24) is 0 Å². The normalized spacial score (nSPS) is 10.6. The van der Waals surface area contributed by atoms with Crippen LogP contribution in [0.4, 0.5) is 0 Å². The molecule has 4 aromatic carbocycles. The summed E-state index contributed by atoms with van der Waals surface area (Å²) in [6.45, 7) is 0. The molecule has 0 bridgehead atoms. The average molecular weight is 403 g/mol. The van der Waals surface area contributed by atoms with Crippen molar-refractivity contribution < 1.29 is 4.79 Å². The number of benzene rings is 4. The lowest BCUT2D eigenvalue weighted by atomic mass is 9.97. The Morgan fingerprint density at radius 1 is 0.429 bits per heavy atom. The molecule has 136 valence electrons. The monoisotopic (exact) mass is 402 g/mol. The first kappa shape index (κ1) is 18.5. The molecule has 0 fully saturated rings. The molecule has 28 heavy (non-hydrogen) atoms. The van der Waals surface area contributed by atoms with Crippen LogP contribution in [0.5, 0.6) is 0 Å². The summed E-state index contributed by atoms with van der Waals surface area (Å²) in [6, 6.07) is 30.6. The Morgan fingerprint density at radius 3 is 0.964 bits per heavy atom. The second-order valence-electron chi connectivity index (χ2n) is 6.50. The zero-order valence-electron chi connectivity index (χ0n) is 14.9. The van der Waals surface area contributed by atoms with E-state index in [1.807, 2.05) is 97.1 Å². The van der Waals surface area contributed by atoms with Crippen LogP contribution in [0.2, 0.25) is 10.0 Å². The van der Waals surface area contributed by atoms with Gasteiger partial charge in [-0.05, 0) is 46.5 Å². The van der Waals surface area contributed by atoms with Gasteiger partial charge in [0.05, 0.1) is 0 Å². The highest BCUT2D eigenvalue weighted by Crippen LogP contribution is 2.24. The van der Waals surface area contributed by atoms with Crippen molar-refractivity contribution in [2.75, 3.05) is 0 Å². The van der Waals surface area contributed by atoms with Gasteiger partial charge in [0.15, 0.2) is 5.78 Å². The zero-order chi connectivity index (χ0) is 19.5. The van der Waals surface area contributed by atoms with Crippen molar-refractivity contribution in [3.05, 3.63) is 118 Å². The molecule has 4 rings (SSSR count). The van der Waals surface area contributed by atoms with Gasteiger partial charge in [-0.3, -0.25) is 4.79 Å². The summed E-state index contributed by atoms with van der Waals surface area (Å²) in [7, 11) is 0. The highest BCUT2D eigenvalue weighted by molar-refractivity contribution is 6.30. The second kappa shape index (κ2) is 8.02. The number of hydrogen-bond acceptors (Lipinski definition) is 1. The van der Waals surface area contributed by atoms with Crippen LogP contribution in [0.1, 0.15) is 15.9 Å². The summed E-state index contributed by atoms with van der Waals surface area (Å²) in [6.07, 6.45) is 0. The molecule has 3 heteroatoms. The van der Waals surface area contributed by atoms with Crippen LogP contribution < -0.4 is 0 Å². The van der Waals surface area contributed by atoms with E-state index in [9.17, 15) is 4.79 Å². The molecular weight excluding hydrogens is 387 g/mol. The highest BCUT2D eigenvalue weighted by Gasteiger charge is 2.10. The third-order valence-electron chi connectivity index (χ3n) is 4.65. The molecule has 0 spiro atoms. The van der Waals surface area contributed by atoms with Crippen molar-refractivity contribution in [3.63, 3.8) is 0 Å². The zero-order valence-corrected chi connectivity index (χ0v) is 16.4. The largest absolute Gasteiger partial charge is 0.289 e. The van der Waals surface area contributed by atoms with Gasteiger partial charge in [-0.15, -0.1) is 0 Å². The number of halogens is 2. The molecular formula is C25H16Cl2O. The smallest absolute Gasteiger partial charge is 0.193 e. The van der Waals surface area contributed by atoms with Crippen LogP contribution in [0.3, 0.4) is 0 Å². The van der Waals surface area contributed by atoms with Gasteiger partial charge in [-0.1, -0.05) is 96.0 Å². The molecule has 1 nitrogen and oxygen atoms in total. The minimum atomic E-state index is 0.00492. The maximum Gasteiger partial charge on any atom is 0.193 e. The van der Waals surface area contributed by atoms with Crippen LogP contribution in [0.25, 0.3) is 22.3 Å². The Labute approximate surface area is 174 Å². The van der Waals surface area contributed by atoms with Gasteiger partial charge in [0.1, 0.15) is 0 Å². The second-order valence-corrected chi connectivity index (χ2v) is 7.37. The van der Waals surface area contributed by atoms with Crippen molar-refractivity contribution >= 4 is 29.0 Å². The van der Waals surface area contributed by atoms with Crippen molar-refractivity contribution in [1.29, 1.82) is 0 Å². The first-order valence-electron chi connectivity index (χ1n) is 8.87. The predicted molar refractivity (Wildman–Crippen MR) is 117 cm³/mol. The molecule has 0 N–H and O–H groups in total. The van der Waals surface area contributed by atoms with Crippen molar-refractivity contribution in [3.8, 4) is 22.3 Å². The van der Waals surface area contributed by atoms with Crippen molar-refractivity contribution in [2.24, 2.45) is 0 Å². The SMILES string of the molecule is O=C(c1ccc(-c2ccc(Cl)cc2)cc1)c1ccc(-c2ccc(Cl)cc2)cc1. The van der Waals surface area contributed by atoms with Gasteiger partial charge >= 0.3 is 0 Å². The number of carbonyl (C=O) groups is 1. The van der Waals surface area contributed by atoms with Gasteiger partial charge in [0.2, 0.25) is 0 Å². The van der Waals surface area contributed by atoms with Crippen LogP contribution in [0, 0.1) is 0 Å². The number of ketones is 1. The maximum absolute atomic E-state index is 12.8. The van der Waals surface area contributed by atoms with Crippen LogP contribution >= 0.6 is 23.2 Å². The molecule has 0 aliphatic heterocycles. The summed E-state index contributed by atoms with van der Waals surface area (Å²) in [5.74, 6) is 0.00492. The lowest BCUT2D eigenvalue weighted by Crippen LogP contribution is -2.00. The van der Waals surface area contributed by atoms with Gasteiger partial charge < -0.3 is 0 Å². The fourth-order valence-corrected chi connectivity index (χ4v) is 3.33. The third kappa shape index (κ3) is 4.01. The predicted octanol–water partition coefficient (Wildman–Crippen LogP) is 7.56. The quantitative estimate of drug-likeness (QED) is 0.321.